The van der Waals surface area contributed by atoms with Gasteiger partial charge < -0.3 is 5.32 Å². The number of nitrogens with zero attached hydrogens (tertiary/aromatic N) is 6. The van der Waals surface area contributed by atoms with Crippen molar-refractivity contribution in [2.75, 3.05) is 13.1 Å². The predicted octanol–water partition coefficient (Wildman–Crippen LogP) is 0.962. The molecule has 0 unspecified atom stereocenters. The Bertz CT molecular complexity index is 1590. The molecule has 1 N–H and O–H groups in total. The molecule has 0 fully saturated rings. The molecule has 37 heavy (non-hydrogen) atoms. The molecule has 0 bridgehead atoms. The third-order valence-electron chi connectivity index (χ3n) is 5.95. The SMILES string of the molecule is O=C(CN1C(=O)c2ccccc2C1=O)NCCn1ncc2c(=O)n(Cc3ccc([N+](=O)[O-])cc3)cnc21. The van der Waals surface area contributed by atoms with Crippen LogP contribution in [0.3, 0.4) is 0 Å². The molecule has 5 rings (SSSR count). The number of rotatable bonds is 8. The van der Waals surface area contributed by atoms with Gasteiger partial charge in [0.05, 0.1) is 35.3 Å². The van der Waals surface area contributed by atoms with Crippen molar-refractivity contribution in [1.82, 2.24) is 29.5 Å². The van der Waals surface area contributed by atoms with E-state index in [1.165, 1.54) is 33.9 Å². The lowest BCUT2D eigenvalue weighted by Crippen LogP contribution is -2.41. The predicted molar refractivity (Wildman–Crippen MR) is 129 cm³/mol. The number of non-ortho nitro benzene ring substituents is 1. The monoisotopic (exact) mass is 501 g/mol. The molecule has 0 radical (unpaired) electrons. The number of nitrogens with one attached hydrogen (secondary N) is 1. The minimum Gasteiger partial charge on any atom is -0.353 e. The van der Waals surface area contributed by atoms with Crippen LogP contribution in [0.2, 0.25) is 0 Å². The summed E-state index contributed by atoms with van der Waals surface area (Å²) in [6, 6.07) is 12.3. The first-order chi connectivity index (χ1) is 17.8. The van der Waals surface area contributed by atoms with Crippen molar-refractivity contribution in [3.8, 4) is 0 Å². The Kier molecular flexibility index (Phi) is 6.01. The number of carbonyl (C=O) groups is 3. The second-order valence-corrected chi connectivity index (χ2v) is 8.30. The molecule has 1 aliphatic heterocycles. The highest BCUT2D eigenvalue weighted by molar-refractivity contribution is 6.22. The topological polar surface area (TPSA) is 162 Å². The third-order valence-corrected chi connectivity index (χ3v) is 5.95. The molecule has 0 aliphatic carbocycles. The van der Waals surface area contributed by atoms with Crippen LogP contribution in [-0.2, 0) is 17.9 Å². The van der Waals surface area contributed by atoms with Crippen molar-refractivity contribution in [3.05, 3.63) is 98.2 Å². The first-order valence-electron chi connectivity index (χ1n) is 11.2. The molecule has 0 saturated carbocycles. The van der Waals surface area contributed by atoms with Gasteiger partial charge >= 0.3 is 0 Å². The van der Waals surface area contributed by atoms with Gasteiger partial charge in [0.25, 0.3) is 23.1 Å². The molecule has 0 atom stereocenters. The fourth-order valence-corrected chi connectivity index (χ4v) is 4.08. The van der Waals surface area contributed by atoms with Crippen LogP contribution in [0, 0.1) is 10.1 Å². The zero-order valence-corrected chi connectivity index (χ0v) is 19.2. The van der Waals surface area contributed by atoms with Crippen molar-refractivity contribution < 1.29 is 19.3 Å². The number of nitro benzene ring substituents is 1. The van der Waals surface area contributed by atoms with E-state index in [4.69, 9.17) is 0 Å². The van der Waals surface area contributed by atoms with Gasteiger partial charge in [0.2, 0.25) is 5.91 Å². The lowest BCUT2D eigenvalue weighted by molar-refractivity contribution is -0.384. The van der Waals surface area contributed by atoms with E-state index in [9.17, 15) is 29.3 Å². The fraction of sp³-hybridized carbons (Fsp3) is 0.167. The van der Waals surface area contributed by atoms with Crippen LogP contribution in [0.15, 0.2) is 65.8 Å². The maximum atomic E-state index is 12.9. The number of hydrogen-bond donors (Lipinski definition) is 1. The van der Waals surface area contributed by atoms with Crippen molar-refractivity contribution in [2.45, 2.75) is 13.1 Å². The average molecular weight is 501 g/mol. The quantitative estimate of drug-likeness (QED) is 0.212. The Morgan fingerprint density at radius 3 is 2.32 bits per heavy atom. The minimum absolute atomic E-state index is 0.0400. The number of hydrogen-bond acceptors (Lipinski definition) is 8. The van der Waals surface area contributed by atoms with Gasteiger partial charge in [0.15, 0.2) is 5.65 Å². The van der Waals surface area contributed by atoms with Crippen LogP contribution in [0.5, 0.6) is 0 Å². The minimum atomic E-state index is -0.511. The molecule has 0 spiro atoms. The third kappa shape index (κ3) is 4.45. The molecule has 4 aromatic rings. The summed E-state index contributed by atoms with van der Waals surface area (Å²) < 4.78 is 2.84. The van der Waals surface area contributed by atoms with Crippen LogP contribution in [-0.4, -0.2) is 60.0 Å². The standard InChI is InChI=1S/C24H19N7O6/c32-20(13-29-23(34)17-3-1-2-4-18(17)24(29)35)25-9-10-30-21-19(11-27-30)22(33)28(14-26-21)12-15-5-7-16(8-6-15)31(36)37/h1-8,11,14H,9-10,12-13H2,(H,25,32). The van der Waals surface area contributed by atoms with Crippen LogP contribution in [0.25, 0.3) is 11.0 Å². The van der Waals surface area contributed by atoms with Crippen molar-refractivity contribution in [2.24, 2.45) is 0 Å². The molecule has 186 valence electrons. The summed E-state index contributed by atoms with van der Waals surface area (Å²) in [5.41, 5.74) is 1.20. The summed E-state index contributed by atoms with van der Waals surface area (Å²) in [6.45, 7) is 0.110. The van der Waals surface area contributed by atoms with E-state index >= 15 is 0 Å². The number of fused-ring (bicyclic) bond motifs is 2. The van der Waals surface area contributed by atoms with Gasteiger partial charge in [-0.25, -0.2) is 9.67 Å². The molecule has 3 heterocycles. The summed E-state index contributed by atoms with van der Waals surface area (Å²) in [7, 11) is 0. The average Bonchev–Trinajstić information content (AvgIpc) is 3.41. The van der Waals surface area contributed by atoms with E-state index < -0.39 is 29.2 Å². The van der Waals surface area contributed by atoms with Gasteiger partial charge in [-0.1, -0.05) is 24.3 Å². The first kappa shape index (κ1) is 23.5. The van der Waals surface area contributed by atoms with E-state index in [0.717, 1.165) is 4.90 Å². The van der Waals surface area contributed by atoms with Crippen LogP contribution < -0.4 is 10.9 Å². The number of carbonyl (C=O) groups excluding carboxylic acids is 3. The zero-order chi connectivity index (χ0) is 26.1. The Morgan fingerprint density at radius 1 is 1.00 bits per heavy atom. The number of nitro groups is 1. The summed E-state index contributed by atoms with van der Waals surface area (Å²) in [5, 5.41) is 17.9. The van der Waals surface area contributed by atoms with Crippen LogP contribution in [0.1, 0.15) is 26.3 Å². The highest BCUT2D eigenvalue weighted by atomic mass is 16.6. The van der Waals surface area contributed by atoms with Gasteiger partial charge in [-0.05, 0) is 17.7 Å². The Hall–Kier alpha value is -5.20. The highest BCUT2D eigenvalue weighted by Gasteiger charge is 2.36. The largest absolute Gasteiger partial charge is 0.353 e. The maximum Gasteiger partial charge on any atom is 0.269 e. The smallest absolute Gasteiger partial charge is 0.269 e. The molecule has 0 saturated heterocycles. The maximum absolute atomic E-state index is 12.9. The Morgan fingerprint density at radius 2 is 1.68 bits per heavy atom. The van der Waals surface area contributed by atoms with E-state index in [2.05, 4.69) is 15.4 Å². The van der Waals surface area contributed by atoms with Gasteiger partial charge in [-0.3, -0.25) is 38.8 Å². The van der Waals surface area contributed by atoms with Crippen molar-refractivity contribution >= 4 is 34.4 Å². The second-order valence-electron chi connectivity index (χ2n) is 8.30. The van der Waals surface area contributed by atoms with Crippen LogP contribution in [0.4, 0.5) is 5.69 Å². The number of amides is 3. The van der Waals surface area contributed by atoms with E-state index in [0.29, 0.717) is 11.2 Å². The van der Waals surface area contributed by atoms with Gasteiger partial charge in [-0.2, -0.15) is 5.10 Å². The summed E-state index contributed by atoms with van der Waals surface area (Å²) >= 11 is 0. The molecular weight excluding hydrogens is 482 g/mol. The van der Waals surface area contributed by atoms with Crippen molar-refractivity contribution in [1.29, 1.82) is 0 Å². The lowest BCUT2D eigenvalue weighted by Gasteiger charge is -2.13. The highest BCUT2D eigenvalue weighted by Crippen LogP contribution is 2.21. The normalized spacial score (nSPS) is 12.7. The Balaban J connectivity index is 1.20. The van der Waals surface area contributed by atoms with Gasteiger partial charge in [0.1, 0.15) is 18.3 Å². The Labute approximate surface area is 208 Å². The summed E-state index contributed by atoms with van der Waals surface area (Å²) in [4.78, 5) is 65.6. The zero-order valence-electron chi connectivity index (χ0n) is 19.2. The first-order valence-corrected chi connectivity index (χ1v) is 11.2. The second kappa shape index (κ2) is 9.45. The summed E-state index contributed by atoms with van der Waals surface area (Å²) in [6.07, 6.45) is 2.75. The molecule has 13 nitrogen and oxygen atoms in total. The van der Waals surface area contributed by atoms with Gasteiger partial charge in [0, 0.05) is 18.7 Å². The number of aromatic nitrogens is 4. The van der Waals surface area contributed by atoms with E-state index in [1.54, 1.807) is 36.4 Å². The molecule has 2 aromatic heterocycles. The number of imide groups is 1. The van der Waals surface area contributed by atoms with Crippen LogP contribution >= 0.6 is 0 Å². The van der Waals surface area contributed by atoms with Gasteiger partial charge in [-0.15, -0.1) is 0 Å². The molecule has 1 aliphatic rings. The molecule has 3 amide bonds. The number of benzene rings is 2. The van der Waals surface area contributed by atoms with E-state index in [1.807, 2.05) is 0 Å². The van der Waals surface area contributed by atoms with Crippen molar-refractivity contribution in [3.63, 3.8) is 0 Å². The fourth-order valence-electron chi connectivity index (χ4n) is 4.08. The molecule has 2 aromatic carbocycles. The summed E-state index contributed by atoms with van der Waals surface area (Å²) in [5.74, 6) is -1.53. The lowest BCUT2D eigenvalue weighted by atomic mass is 10.1. The molecule has 13 heteroatoms. The molecular formula is C24H19N7O6. The van der Waals surface area contributed by atoms with E-state index in [-0.39, 0.29) is 47.4 Å².